The van der Waals surface area contributed by atoms with Crippen molar-refractivity contribution in [2.24, 2.45) is 0 Å². The number of amides is 1. The Balaban J connectivity index is 2.02. The van der Waals surface area contributed by atoms with E-state index in [1.165, 1.54) is 19.3 Å². The predicted molar refractivity (Wildman–Crippen MR) is 86.3 cm³/mol. The van der Waals surface area contributed by atoms with Crippen LogP contribution in [0, 0.1) is 10.5 Å². The molecule has 0 saturated heterocycles. The van der Waals surface area contributed by atoms with E-state index in [4.69, 9.17) is 0 Å². The first-order valence-electron chi connectivity index (χ1n) is 6.16. The summed E-state index contributed by atoms with van der Waals surface area (Å²) in [6.07, 6.45) is 5.87. The first-order valence-corrected chi connectivity index (χ1v) is 8.47. The molecule has 0 radical (unpaired) electrons. The molecule has 98 valence electrons. The quantitative estimate of drug-likeness (QED) is 0.815. The molecule has 1 aliphatic rings. The molecule has 0 aromatic heterocycles. The molecule has 1 saturated carbocycles. The van der Waals surface area contributed by atoms with Gasteiger partial charge in [-0.05, 0) is 60.2 Å². The maximum atomic E-state index is 12.2. The minimum atomic E-state index is 0.0587. The van der Waals surface area contributed by atoms with E-state index in [1.807, 2.05) is 36.9 Å². The average Bonchev–Trinajstić information content (AvgIpc) is 2.31. The zero-order chi connectivity index (χ0) is 13.2. The number of benzene rings is 1. The van der Waals surface area contributed by atoms with E-state index in [9.17, 15) is 4.79 Å². The Morgan fingerprint density at radius 1 is 1.50 bits per heavy atom. The standard InChI is InChI=1S/C14H18INOS/c1-10-5-3-6-11(12(10)15)13(17)16-9-14(18-2)7-4-8-14/h3,5-6H,4,7-9H2,1-2H3,(H,16,17). The summed E-state index contributed by atoms with van der Waals surface area (Å²) in [7, 11) is 0. The van der Waals surface area contributed by atoms with Gasteiger partial charge < -0.3 is 5.32 Å². The molecule has 1 aromatic carbocycles. The van der Waals surface area contributed by atoms with Crippen LogP contribution in [-0.4, -0.2) is 23.5 Å². The lowest BCUT2D eigenvalue weighted by atomic mass is 9.84. The van der Waals surface area contributed by atoms with Crippen LogP contribution < -0.4 is 5.32 Å². The van der Waals surface area contributed by atoms with E-state index in [2.05, 4.69) is 34.2 Å². The van der Waals surface area contributed by atoms with Crippen LogP contribution in [0.1, 0.15) is 35.2 Å². The highest BCUT2D eigenvalue weighted by molar-refractivity contribution is 14.1. The fourth-order valence-electron chi connectivity index (χ4n) is 2.18. The molecule has 0 unspecified atom stereocenters. The van der Waals surface area contributed by atoms with Crippen LogP contribution in [0.5, 0.6) is 0 Å². The normalized spacial score (nSPS) is 17.1. The molecule has 1 N–H and O–H groups in total. The zero-order valence-corrected chi connectivity index (χ0v) is 13.7. The van der Waals surface area contributed by atoms with Crippen molar-refractivity contribution in [2.45, 2.75) is 30.9 Å². The van der Waals surface area contributed by atoms with Gasteiger partial charge in [0.05, 0.1) is 5.56 Å². The number of aryl methyl sites for hydroxylation is 1. The van der Waals surface area contributed by atoms with Crippen molar-refractivity contribution in [3.05, 3.63) is 32.9 Å². The number of hydrogen-bond donors (Lipinski definition) is 1. The molecule has 1 fully saturated rings. The topological polar surface area (TPSA) is 29.1 Å². The number of carbonyl (C=O) groups is 1. The van der Waals surface area contributed by atoms with Crippen molar-refractivity contribution >= 4 is 40.3 Å². The SMILES string of the molecule is CSC1(CNC(=O)c2cccc(C)c2I)CCC1. The fourth-order valence-corrected chi connectivity index (χ4v) is 3.70. The Morgan fingerprint density at radius 2 is 2.22 bits per heavy atom. The van der Waals surface area contributed by atoms with Gasteiger partial charge in [-0.15, -0.1) is 0 Å². The number of halogens is 1. The molecule has 18 heavy (non-hydrogen) atoms. The third kappa shape index (κ3) is 2.85. The molecule has 1 aromatic rings. The summed E-state index contributed by atoms with van der Waals surface area (Å²) in [5, 5.41) is 3.10. The monoisotopic (exact) mass is 375 g/mol. The second kappa shape index (κ2) is 5.82. The summed E-state index contributed by atoms with van der Waals surface area (Å²) in [4.78, 5) is 12.2. The second-order valence-electron chi connectivity index (χ2n) is 4.86. The van der Waals surface area contributed by atoms with Gasteiger partial charge in [0.2, 0.25) is 0 Å². The molecular weight excluding hydrogens is 357 g/mol. The van der Waals surface area contributed by atoms with E-state index in [1.54, 1.807) is 0 Å². The molecule has 1 amide bonds. The minimum Gasteiger partial charge on any atom is -0.351 e. The van der Waals surface area contributed by atoms with E-state index in [-0.39, 0.29) is 5.91 Å². The maximum absolute atomic E-state index is 12.2. The third-order valence-corrected chi connectivity index (χ3v) is 6.56. The average molecular weight is 375 g/mol. The minimum absolute atomic E-state index is 0.0587. The van der Waals surface area contributed by atoms with Gasteiger partial charge in [-0.3, -0.25) is 4.79 Å². The van der Waals surface area contributed by atoms with Gasteiger partial charge in [0, 0.05) is 14.9 Å². The van der Waals surface area contributed by atoms with Crippen molar-refractivity contribution in [3.63, 3.8) is 0 Å². The van der Waals surface area contributed by atoms with Crippen LogP contribution in [0.15, 0.2) is 18.2 Å². The fraction of sp³-hybridized carbons (Fsp3) is 0.500. The number of rotatable bonds is 4. The lowest BCUT2D eigenvalue weighted by molar-refractivity contribution is 0.0943. The smallest absolute Gasteiger partial charge is 0.252 e. The van der Waals surface area contributed by atoms with Gasteiger partial charge in [0.1, 0.15) is 0 Å². The Kier molecular flexibility index (Phi) is 4.59. The summed E-state index contributed by atoms with van der Waals surface area (Å²) < 4.78 is 1.35. The molecule has 0 heterocycles. The van der Waals surface area contributed by atoms with Crippen LogP contribution >= 0.6 is 34.4 Å². The molecular formula is C14H18INOS. The third-order valence-electron chi connectivity index (χ3n) is 3.71. The van der Waals surface area contributed by atoms with Crippen LogP contribution in [0.4, 0.5) is 0 Å². The Morgan fingerprint density at radius 3 is 2.78 bits per heavy atom. The molecule has 0 aliphatic heterocycles. The van der Waals surface area contributed by atoms with E-state index >= 15 is 0 Å². The maximum Gasteiger partial charge on any atom is 0.252 e. The molecule has 2 rings (SSSR count). The van der Waals surface area contributed by atoms with E-state index < -0.39 is 0 Å². The highest BCUT2D eigenvalue weighted by Gasteiger charge is 2.36. The summed E-state index contributed by atoms with van der Waals surface area (Å²) in [6, 6.07) is 5.88. The molecule has 0 spiro atoms. The molecule has 0 bridgehead atoms. The summed E-state index contributed by atoms with van der Waals surface area (Å²) in [5.41, 5.74) is 1.96. The molecule has 2 nitrogen and oxygen atoms in total. The van der Waals surface area contributed by atoms with Crippen LogP contribution in [0.25, 0.3) is 0 Å². The van der Waals surface area contributed by atoms with Gasteiger partial charge in [-0.25, -0.2) is 0 Å². The highest BCUT2D eigenvalue weighted by atomic mass is 127. The lowest BCUT2D eigenvalue weighted by Gasteiger charge is -2.40. The first-order chi connectivity index (χ1) is 8.58. The molecule has 0 atom stereocenters. The Bertz CT molecular complexity index is 452. The highest BCUT2D eigenvalue weighted by Crippen LogP contribution is 2.42. The molecule has 1 aliphatic carbocycles. The van der Waals surface area contributed by atoms with Gasteiger partial charge in [-0.2, -0.15) is 11.8 Å². The second-order valence-corrected chi connectivity index (χ2v) is 7.21. The number of nitrogens with one attached hydrogen (secondary N) is 1. The van der Waals surface area contributed by atoms with Crippen LogP contribution in [0.2, 0.25) is 0 Å². The van der Waals surface area contributed by atoms with Crippen LogP contribution in [0.3, 0.4) is 0 Å². The summed E-state index contributed by atoms with van der Waals surface area (Å²) in [5.74, 6) is 0.0587. The number of hydrogen-bond acceptors (Lipinski definition) is 2. The zero-order valence-electron chi connectivity index (χ0n) is 10.8. The van der Waals surface area contributed by atoms with Crippen molar-refractivity contribution < 1.29 is 4.79 Å². The largest absolute Gasteiger partial charge is 0.351 e. The van der Waals surface area contributed by atoms with E-state index in [0.29, 0.717) is 4.75 Å². The van der Waals surface area contributed by atoms with E-state index in [0.717, 1.165) is 21.2 Å². The number of thioether (sulfide) groups is 1. The predicted octanol–water partition coefficient (Wildman–Crippen LogP) is 3.62. The summed E-state index contributed by atoms with van der Waals surface area (Å²) in [6.45, 7) is 2.82. The van der Waals surface area contributed by atoms with Crippen molar-refractivity contribution in [3.8, 4) is 0 Å². The van der Waals surface area contributed by atoms with Gasteiger partial charge in [-0.1, -0.05) is 18.6 Å². The molecule has 4 heteroatoms. The summed E-state index contributed by atoms with van der Waals surface area (Å²) >= 11 is 4.13. The van der Waals surface area contributed by atoms with Crippen LogP contribution in [-0.2, 0) is 0 Å². The van der Waals surface area contributed by atoms with Crippen molar-refractivity contribution in [1.82, 2.24) is 5.32 Å². The first kappa shape index (κ1) is 14.2. The van der Waals surface area contributed by atoms with Crippen molar-refractivity contribution in [2.75, 3.05) is 12.8 Å². The van der Waals surface area contributed by atoms with Gasteiger partial charge >= 0.3 is 0 Å². The van der Waals surface area contributed by atoms with Gasteiger partial charge in [0.15, 0.2) is 0 Å². The van der Waals surface area contributed by atoms with Crippen molar-refractivity contribution in [1.29, 1.82) is 0 Å². The van der Waals surface area contributed by atoms with Gasteiger partial charge in [0.25, 0.3) is 5.91 Å². The Labute approximate surface area is 126 Å². The number of carbonyl (C=O) groups excluding carboxylic acids is 1. The lowest BCUT2D eigenvalue weighted by Crippen LogP contribution is -2.45. The Hall–Kier alpha value is -0.230.